The second-order valence-electron chi connectivity index (χ2n) is 3.85. The van der Waals surface area contributed by atoms with Gasteiger partial charge in [0.25, 0.3) is 0 Å². The first-order valence-electron chi connectivity index (χ1n) is 4.04. The minimum atomic E-state index is 0.0681. The number of allylic oxidation sites excluding steroid dienone is 4. The maximum absolute atomic E-state index is 6.00. The van der Waals surface area contributed by atoms with Gasteiger partial charge >= 0.3 is 86.7 Å². The zero-order valence-electron chi connectivity index (χ0n) is 8.21. The molecule has 0 aliphatic heterocycles. The second-order valence-corrected chi connectivity index (χ2v) is 5.73. The molecule has 1 aliphatic carbocycles. The summed E-state index contributed by atoms with van der Waals surface area (Å²) in [5, 5.41) is 0. The topological polar surface area (TPSA) is 0 Å². The second kappa shape index (κ2) is 3.27. The molecule has 0 saturated heterocycles. The van der Waals surface area contributed by atoms with Crippen molar-refractivity contribution in [3.8, 4) is 0 Å². The van der Waals surface area contributed by atoms with Gasteiger partial charge in [-0.25, -0.2) is 0 Å². The van der Waals surface area contributed by atoms with E-state index in [9.17, 15) is 0 Å². The van der Waals surface area contributed by atoms with Crippen LogP contribution < -0.4 is 0 Å². The average Bonchev–Trinajstić information content (AvgIpc) is 2.13. The molecule has 0 N–H and O–H groups in total. The molecule has 0 amide bonds. The summed E-state index contributed by atoms with van der Waals surface area (Å²) in [4.78, 5) is 0. The number of hydrogen-bond acceptors (Lipinski definition) is 0. The van der Waals surface area contributed by atoms with Crippen LogP contribution in [0.5, 0.6) is 0 Å². The summed E-state index contributed by atoms with van der Waals surface area (Å²) in [5.74, 6) is 0. The van der Waals surface area contributed by atoms with E-state index in [-0.39, 0.29) is 21.6 Å². The summed E-state index contributed by atoms with van der Waals surface area (Å²) in [6.45, 7) is 11.1. The summed E-state index contributed by atoms with van der Waals surface area (Å²) in [6.07, 6.45) is 0. The molecule has 0 bridgehead atoms. The molecule has 0 aromatic carbocycles. The van der Waals surface area contributed by atoms with Gasteiger partial charge in [0.15, 0.2) is 0 Å². The summed E-state index contributed by atoms with van der Waals surface area (Å²) in [7, 11) is 6.00. The van der Waals surface area contributed by atoms with Crippen molar-refractivity contribution in [2.75, 3.05) is 0 Å². The molecule has 0 heterocycles. The number of rotatable bonds is 1. The van der Waals surface area contributed by atoms with Crippen LogP contribution in [0.2, 0.25) is 0 Å². The summed E-state index contributed by atoms with van der Waals surface area (Å²) in [6, 6.07) is 0. The molecule has 0 nitrogen and oxygen atoms in total. The molecule has 1 rings (SSSR count). The van der Waals surface area contributed by atoms with E-state index in [1.807, 2.05) is 0 Å². The monoisotopic (exact) mass is 273 g/mol. The van der Waals surface area contributed by atoms with Crippen LogP contribution in [-0.4, -0.2) is 0 Å². The molecule has 0 unspecified atom stereocenters. The third-order valence-electron chi connectivity index (χ3n) is 2.96. The zero-order valence-corrected chi connectivity index (χ0v) is 10.6. The van der Waals surface area contributed by atoms with E-state index in [2.05, 4.69) is 34.6 Å². The van der Waals surface area contributed by atoms with Crippen LogP contribution >= 0.6 is 9.69 Å². The summed E-state index contributed by atoms with van der Waals surface area (Å²) >= 11 is 0.0681. The molecule has 0 aromatic heterocycles. The third kappa shape index (κ3) is 1.32. The van der Waals surface area contributed by atoms with Crippen LogP contribution in [-0.2, 0) is 16.1 Å². The van der Waals surface area contributed by atoms with Gasteiger partial charge in [0.05, 0.1) is 0 Å². The van der Waals surface area contributed by atoms with Crippen molar-refractivity contribution >= 4 is 9.69 Å². The molecule has 2 heteroatoms. The summed E-state index contributed by atoms with van der Waals surface area (Å²) < 4.78 is 1.46. The van der Waals surface area contributed by atoms with Crippen LogP contribution in [0.1, 0.15) is 34.6 Å². The van der Waals surface area contributed by atoms with Crippen molar-refractivity contribution < 1.29 is 16.1 Å². The van der Waals surface area contributed by atoms with Gasteiger partial charge in [0.1, 0.15) is 0 Å². The fourth-order valence-corrected chi connectivity index (χ4v) is 4.38. The van der Waals surface area contributed by atoms with Gasteiger partial charge in [-0.2, -0.15) is 0 Å². The van der Waals surface area contributed by atoms with Gasteiger partial charge in [-0.3, -0.25) is 0 Å². The Bertz CT molecular complexity index is 272. The van der Waals surface area contributed by atoms with E-state index >= 15 is 0 Å². The molecule has 1 aliphatic rings. The first-order valence-corrected chi connectivity index (χ1v) is 6.97. The van der Waals surface area contributed by atoms with Crippen LogP contribution in [0.25, 0.3) is 0 Å². The average molecular weight is 274 g/mol. The molecular weight excluding hydrogens is 258 g/mol. The van der Waals surface area contributed by atoms with Crippen LogP contribution in [0.4, 0.5) is 0 Å². The zero-order chi connectivity index (χ0) is 9.52. The Morgan fingerprint density at radius 1 is 1.08 bits per heavy atom. The van der Waals surface area contributed by atoms with Crippen molar-refractivity contribution in [1.29, 1.82) is 0 Å². The minimum absolute atomic E-state index is 0.0681. The maximum atomic E-state index is 6.00. The molecule has 0 saturated carbocycles. The molecule has 0 spiro atoms. The van der Waals surface area contributed by atoms with E-state index in [0.29, 0.717) is 0 Å². The van der Waals surface area contributed by atoms with Gasteiger partial charge in [0, 0.05) is 0 Å². The molecule has 12 heavy (non-hydrogen) atoms. The van der Waals surface area contributed by atoms with Gasteiger partial charge in [-0.15, -0.1) is 0 Å². The predicted octanol–water partition coefficient (Wildman–Crippen LogP) is 3.87. The first kappa shape index (κ1) is 10.5. The van der Waals surface area contributed by atoms with Gasteiger partial charge in [-0.05, 0) is 0 Å². The molecule has 0 atom stereocenters. The Hall–Kier alpha value is 0.393. The van der Waals surface area contributed by atoms with Crippen LogP contribution in [0.15, 0.2) is 20.9 Å². The predicted molar refractivity (Wildman–Crippen MR) is 50.7 cm³/mol. The van der Waals surface area contributed by atoms with E-state index < -0.39 is 0 Å². The van der Waals surface area contributed by atoms with Crippen LogP contribution in [0.3, 0.4) is 0 Å². The number of halogens is 1. The standard InChI is InChI=1S/C10H15.ClH.Rh/c1-7-6-10(4,5)9(3)8(7)2;;/h1-5H3;1H;/q;;+1/p-1. The molecular formula is C10H15ClRh. The Labute approximate surface area is 86.7 Å². The van der Waals surface area contributed by atoms with E-state index in [4.69, 9.17) is 9.69 Å². The normalized spacial score (nSPS) is 22.8. The molecule has 0 fully saturated rings. The third-order valence-corrected chi connectivity index (χ3v) is 5.65. The van der Waals surface area contributed by atoms with Gasteiger partial charge in [0.2, 0.25) is 0 Å². The van der Waals surface area contributed by atoms with E-state index in [1.165, 1.54) is 20.9 Å². The molecule has 0 aromatic rings. The van der Waals surface area contributed by atoms with Crippen molar-refractivity contribution in [3.63, 3.8) is 0 Å². The Kier molecular flexibility index (Phi) is 2.86. The Balaban J connectivity index is 3.23. The fourth-order valence-electron chi connectivity index (χ4n) is 1.66. The summed E-state index contributed by atoms with van der Waals surface area (Å²) in [5.41, 5.74) is 4.58. The van der Waals surface area contributed by atoms with E-state index in [1.54, 1.807) is 0 Å². The number of hydrogen-bond donors (Lipinski definition) is 0. The van der Waals surface area contributed by atoms with Crippen molar-refractivity contribution in [2.24, 2.45) is 5.41 Å². The van der Waals surface area contributed by atoms with Crippen molar-refractivity contribution in [1.82, 2.24) is 0 Å². The molecule has 71 valence electrons. The first-order chi connectivity index (χ1) is 5.42. The SMILES string of the molecule is CC1=C(C)C(C)(C)[C]([Rh][Cl])=C1C. The Morgan fingerprint density at radius 3 is 1.75 bits per heavy atom. The quantitative estimate of drug-likeness (QED) is 0.636. The van der Waals surface area contributed by atoms with Gasteiger partial charge in [-0.1, -0.05) is 0 Å². The fraction of sp³-hybridized carbons (Fsp3) is 0.600. The van der Waals surface area contributed by atoms with Crippen molar-refractivity contribution in [2.45, 2.75) is 34.6 Å². The molecule has 0 radical (unpaired) electrons. The van der Waals surface area contributed by atoms with Crippen molar-refractivity contribution in [3.05, 3.63) is 20.9 Å². The van der Waals surface area contributed by atoms with Gasteiger partial charge < -0.3 is 0 Å². The van der Waals surface area contributed by atoms with E-state index in [0.717, 1.165) is 0 Å². The Morgan fingerprint density at radius 2 is 1.58 bits per heavy atom. The van der Waals surface area contributed by atoms with Crippen LogP contribution in [0, 0.1) is 5.41 Å².